The van der Waals surface area contributed by atoms with Gasteiger partial charge in [-0.15, -0.1) is 0 Å². The monoisotopic (exact) mass is 244 g/mol. The van der Waals surface area contributed by atoms with Crippen LogP contribution in [0.25, 0.3) is 0 Å². The molecule has 0 fully saturated rings. The zero-order valence-electron chi connectivity index (χ0n) is 11.5. The fourth-order valence-electron chi connectivity index (χ4n) is 1.81. The zero-order valence-corrected chi connectivity index (χ0v) is 11.5. The summed E-state index contributed by atoms with van der Waals surface area (Å²) in [4.78, 5) is 11.7. The molecule has 0 aliphatic rings. The molecular formula is C13H28N2O2. The average Bonchev–Trinajstić information content (AvgIpc) is 2.33. The highest BCUT2D eigenvalue weighted by molar-refractivity contribution is 5.78. The zero-order chi connectivity index (χ0) is 13.1. The van der Waals surface area contributed by atoms with Crippen molar-refractivity contribution in [1.29, 1.82) is 0 Å². The molecule has 0 aromatic carbocycles. The van der Waals surface area contributed by atoms with Crippen LogP contribution in [0.2, 0.25) is 0 Å². The van der Waals surface area contributed by atoms with Gasteiger partial charge in [-0.1, -0.05) is 27.2 Å². The summed E-state index contributed by atoms with van der Waals surface area (Å²) in [5.41, 5.74) is 0. The minimum absolute atomic E-state index is 0.00588. The number of hydrogen-bond acceptors (Lipinski definition) is 3. The number of hydrogen-bond donors (Lipinski definition) is 3. The molecule has 3 N–H and O–H groups in total. The molecule has 0 aliphatic carbocycles. The van der Waals surface area contributed by atoms with Gasteiger partial charge in [0.2, 0.25) is 5.91 Å². The largest absolute Gasteiger partial charge is 0.396 e. The van der Waals surface area contributed by atoms with Crippen LogP contribution in [0.5, 0.6) is 0 Å². The van der Waals surface area contributed by atoms with E-state index in [-0.39, 0.29) is 18.4 Å². The van der Waals surface area contributed by atoms with E-state index in [1.54, 1.807) is 0 Å². The molecule has 17 heavy (non-hydrogen) atoms. The summed E-state index contributed by atoms with van der Waals surface area (Å²) < 4.78 is 0. The molecule has 0 spiro atoms. The molecule has 0 aliphatic heterocycles. The third-order valence-electron chi connectivity index (χ3n) is 2.95. The van der Waals surface area contributed by atoms with E-state index in [1.165, 1.54) is 0 Å². The average molecular weight is 244 g/mol. The van der Waals surface area contributed by atoms with Gasteiger partial charge in [0.25, 0.3) is 0 Å². The third kappa shape index (κ3) is 8.16. The van der Waals surface area contributed by atoms with Crippen molar-refractivity contribution < 1.29 is 9.90 Å². The number of aliphatic hydroxyl groups is 1. The van der Waals surface area contributed by atoms with Crippen LogP contribution in [-0.2, 0) is 4.79 Å². The number of amides is 1. The maximum atomic E-state index is 11.7. The summed E-state index contributed by atoms with van der Waals surface area (Å²) in [5.74, 6) is 0.511. The van der Waals surface area contributed by atoms with Crippen LogP contribution in [0.15, 0.2) is 0 Å². The lowest BCUT2D eigenvalue weighted by Gasteiger charge is -2.18. The molecule has 0 saturated carbocycles. The van der Waals surface area contributed by atoms with Crippen LogP contribution in [0.4, 0.5) is 0 Å². The van der Waals surface area contributed by atoms with Crippen LogP contribution < -0.4 is 10.6 Å². The van der Waals surface area contributed by atoms with Gasteiger partial charge in [0.1, 0.15) is 0 Å². The number of rotatable bonds is 10. The SMILES string of the molecule is CCCC(CCO)CNC(=O)C(C)CNCC. The number of carbonyl (C=O) groups is 1. The Hall–Kier alpha value is -0.610. The first-order valence-electron chi connectivity index (χ1n) is 6.74. The first-order valence-corrected chi connectivity index (χ1v) is 6.74. The van der Waals surface area contributed by atoms with E-state index in [1.807, 2.05) is 13.8 Å². The van der Waals surface area contributed by atoms with E-state index >= 15 is 0 Å². The first kappa shape index (κ1) is 16.4. The summed E-state index contributed by atoms with van der Waals surface area (Å²) in [6, 6.07) is 0. The van der Waals surface area contributed by atoms with Crippen molar-refractivity contribution in [1.82, 2.24) is 10.6 Å². The Labute approximate surface area is 105 Å². The smallest absolute Gasteiger partial charge is 0.224 e. The van der Waals surface area contributed by atoms with Gasteiger partial charge >= 0.3 is 0 Å². The summed E-state index contributed by atoms with van der Waals surface area (Å²) >= 11 is 0. The Morgan fingerprint density at radius 2 is 1.94 bits per heavy atom. The second-order valence-electron chi connectivity index (χ2n) is 4.62. The van der Waals surface area contributed by atoms with E-state index in [0.717, 1.165) is 32.4 Å². The maximum Gasteiger partial charge on any atom is 0.224 e. The van der Waals surface area contributed by atoms with E-state index < -0.39 is 0 Å². The second-order valence-corrected chi connectivity index (χ2v) is 4.62. The number of aliphatic hydroxyl groups excluding tert-OH is 1. The van der Waals surface area contributed by atoms with Gasteiger partial charge in [-0.25, -0.2) is 0 Å². The summed E-state index contributed by atoms with van der Waals surface area (Å²) in [7, 11) is 0. The first-order chi connectivity index (χ1) is 8.15. The highest BCUT2D eigenvalue weighted by atomic mass is 16.3. The van der Waals surface area contributed by atoms with Crippen molar-refractivity contribution in [3.05, 3.63) is 0 Å². The van der Waals surface area contributed by atoms with Crippen LogP contribution in [0.1, 0.15) is 40.0 Å². The highest BCUT2D eigenvalue weighted by Gasteiger charge is 2.14. The Morgan fingerprint density at radius 1 is 1.24 bits per heavy atom. The lowest BCUT2D eigenvalue weighted by molar-refractivity contribution is -0.124. The minimum Gasteiger partial charge on any atom is -0.396 e. The Morgan fingerprint density at radius 3 is 2.47 bits per heavy atom. The fourth-order valence-corrected chi connectivity index (χ4v) is 1.81. The predicted octanol–water partition coefficient (Wildman–Crippen LogP) is 1.15. The predicted molar refractivity (Wildman–Crippen MR) is 70.8 cm³/mol. The van der Waals surface area contributed by atoms with Crippen LogP contribution in [0, 0.1) is 11.8 Å². The standard InChI is InChI=1S/C13H28N2O2/c1-4-6-12(7-8-16)10-15-13(17)11(3)9-14-5-2/h11-12,14,16H,4-10H2,1-3H3,(H,15,17). The molecule has 0 radical (unpaired) electrons. The molecule has 0 saturated heterocycles. The topological polar surface area (TPSA) is 61.4 Å². The van der Waals surface area contributed by atoms with Crippen molar-refractivity contribution in [3.63, 3.8) is 0 Å². The Balaban J connectivity index is 3.85. The van der Waals surface area contributed by atoms with Crippen molar-refractivity contribution in [2.75, 3.05) is 26.2 Å². The summed E-state index contributed by atoms with van der Waals surface area (Å²) in [6.07, 6.45) is 2.92. The van der Waals surface area contributed by atoms with Gasteiger partial charge in [0.15, 0.2) is 0 Å². The highest BCUT2D eigenvalue weighted by Crippen LogP contribution is 2.09. The van der Waals surface area contributed by atoms with Crippen molar-refractivity contribution >= 4 is 5.91 Å². The molecule has 0 aromatic heterocycles. The van der Waals surface area contributed by atoms with E-state index in [2.05, 4.69) is 17.6 Å². The molecule has 1 amide bonds. The normalized spacial score (nSPS) is 14.4. The second kappa shape index (κ2) is 10.5. The molecule has 2 atom stereocenters. The van der Waals surface area contributed by atoms with Gasteiger partial charge < -0.3 is 15.7 Å². The molecular weight excluding hydrogens is 216 g/mol. The molecule has 102 valence electrons. The molecule has 4 heteroatoms. The lowest BCUT2D eigenvalue weighted by atomic mass is 10.00. The quantitative estimate of drug-likeness (QED) is 0.540. The molecule has 0 heterocycles. The molecule has 0 aromatic rings. The maximum absolute atomic E-state index is 11.7. The molecule has 4 nitrogen and oxygen atoms in total. The van der Waals surface area contributed by atoms with Crippen LogP contribution in [-0.4, -0.2) is 37.3 Å². The molecule has 0 bridgehead atoms. The summed E-state index contributed by atoms with van der Waals surface area (Å²) in [5, 5.41) is 15.1. The minimum atomic E-state index is 0.00588. The van der Waals surface area contributed by atoms with Gasteiger partial charge in [-0.05, 0) is 25.3 Å². The molecule has 2 unspecified atom stereocenters. The van der Waals surface area contributed by atoms with Gasteiger partial charge in [-0.2, -0.15) is 0 Å². The lowest BCUT2D eigenvalue weighted by Crippen LogP contribution is -2.37. The van der Waals surface area contributed by atoms with Crippen molar-refractivity contribution in [3.8, 4) is 0 Å². The van der Waals surface area contributed by atoms with Gasteiger partial charge in [0.05, 0.1) is 0 Å². The van der Waals surface area contributed by atoms with Crippen LogP contribution in [0.3, 0.4) is 0 Å². The van der Waals surface area contributed by atoms with E-state index in [4.69, 9.17) is 5.11 Å². The van der Waals surface area contributed by atoms with Crippen molar-refractivity contribution in [2.24, 2.45) is 11.8 Å². The number of carbonyl (C=O) groups excluding carboxylic acids is 1. The van der Waals surface area contributed by atoms with E-state index in [9.17, 15) is 4.79 Å². The number of nitrogens with one attached hydrogen (secondary N) is 2. The Kier molecular flexibility index (Phi) is 10.2. The van der Waals surface area contributed by atoms with E-state index in [0.29, 0.717) is 12.5 Å². The van der Waals surface area contributed by atoms with Crippen molar-refractivity contribution in [2.45, 2.75) is 40.0 Å². The Bertz CT molecular complexity index is 192. The third-order valence-corrected chi connectivity index (χ3v) is 2.95. The molecule has 0 rings (SSSR count). The fraction of sp³-hybridized carbons (Fsp3) is 0.923. The van der Waals surface area contributed by atoms with Crippen LogP contribution >= 0.6 is 0 Å². The summed E-state index contributed by atoms with van der Waals surface area (Å²) in [6.45, 7) is 8.58. The van der Waals surface area contributed by atoms with Gasteiger partial charge in [0, 0.05) is 25.6 Å². The van der Waals surface area contributed by atoms with Gasteiger partial charge in [-0.3, -0.25) is 4.79 Å².